The molecule has 192 valence electrons. The van der Waals surface area contributed by atoms with Crippen LogP contribution in [0.3, 0.4) is 0 Å². The molecule has 0 aliphatic heterocycles. The van der Waals surface area contributed by atoms with E-state index < -0.39 is 34.1 Å². The van der Waals surface area contributed by atoms with Gasteiger partial charge in [-0.3, -0.25) is 13.9 Å². The lowest BCUT2D eigenvalue weighted by molar-refractivity contribution is -0.141. The molecule has 35 heavy (non-hydrogen) atoms. The van der Waals surface area contributed by atoms with E-state index in [1.807, 2.05) is 20.8 Å². The number of carbonyl (C=O) groups excluding carboxylic acids is 2. The zero-order chi connectivity index (χ0) is 26.6. The number of halogens is 3. The molecule has 2 aromatic rings. The highest BCUT2D eigenvalue weighted by atomic mass is 35.5. The normalized spacial score (nSPS) is 12.7. The van der Waals surface area contributed by atoms with Crippen LogP contribution in [0.4, 0.5) is 5.69 Å². The highest BCUT2D eigenvalue weighted by Gasteiger charge is 2.33. The lowest BCUT2D eigenvalue weighted by Gasteiger charge is -2.34. The van der Waals surface area contributed by atoms with Crippen LogP contribution < -0.4 is 9.62 Å². The Kier molecular flexibility index (Phi) is 9.87. The van der Waals surface area contributed by atoms with Gasteiger partial charge in [0.1, 0.15) is 12.6 Å². The minimum Gasteiger partial charge on any atom is -0.350 e. The molecule has 0 saturated heterocycles. The second kappa shape index (κ2) is 11.8. The molecule has 2 amide bonds. The van der Waals surface area contributed by atoms with Crippen molar-refractivity contribution in [3.63, 3.8) is 0 Å². The summed E-state index contributed by atoms with van der Waals surface area (Å²) in [5, 5.41) is 3.87. The number of carbonyl (C=O) groups is 2. The van der Waals surface area contributed by atoms with Crippen molar-refractivity contribution in [1.29, 1.82) is 0 Å². The summed E-state index contributed by atoms with van der Waals surface area (Å²) in [5.74, 6) is -0.965. The summed E-state index contributed by atoms with van der Waals surface area (Å²) in [6.45, 7) is 6.64. The highest BCUT2D eigenvalue weighted by molar-refractivity contribution is 7.92. The van der Waals surface area contributed by atoms with Gasteiger partial charge in [-0.15, -0.1) is 0 Å². The van der Waals surface area contributed by atoms with Gasteiger partial charge in [0.2, 0.25) is 21.8 Å². The molecule has 0 spiro atoms. The predicted octanol–water partition coefficient (Wildman–Crippen LogP) is 5.13. The van der Waals surface area contributed by atoms with Gasteiger partial charge in [0.05, 0.1) is 11.9 Å². The number of hydrogen-bond acceptors (Lipinski definition) is 4. The minimum atomic E-state index is -3.86. The molecule has 0 fully saturated rings. The highest BCUT2D eigenvalue weighted by Crippen LogP contribution is 2.28. The molecular weight excluding hydrogens is 533 g/mol. The number of amides is 2. The molecule has 0 aliphatic rings. The third-order valence-corrected chi connectivity index (χ3v) is 7.13. The Morgan fingerprint density at radius 1 is 1.03 bits per heavy atom. The Morgan fingerprint density at radius 2 is 1.60 bits per heavy atom. The van der Waals surface area contributed by atoms with Crippen LogP contribution in [0.25, 0.3) is 0 Å². The van der Waals surface area contributed by atoms with Crippen molar-refractivity contribution in [2.75, 3.05) is 17.1 Å². The van der Waals surface area contributed by atoms with E-state index in [0.717, 1.165) is 10.6 Å². The van der Waals surface area contributed by atoms with Gasteiger partial charge in [-0.2, -0.15) is 0 Å². The van der Waals surface area contributed by atoms with Crippen LogP contribution in [-0.4, -0.2) is 49.5 Å². The first-order valence-electron chi connectivity index (χ1n) is 10.9. The third kappa shape index (κ3) is 8.27. The summed E-state index contributed by atoms with van der Waals surface area (Å²) in [4.78, 5) is 28.2. The van der Waals surface area contributed by atoms with Crippen LogP contribution in [0.2, 0.25) is 15.1 Å². The molecule has 0 aromatic heterocycles. The monoisotopic (exact) mass is 561 g/mol. The van der Waals surface area contributed by atoms with Crippen LogP contribution in [-0.2, 0) is 26.2 Å². The maximum atomic E-state index is 13.7. The lowest BCUT2D eigenvalue weighted by atomic mass is 10.1. The number of anilines is 1. The van der Waals surface area contributed by atoms with E-state index in [1.165, 1.54) is 11.0 Å². The van der Waals surface area contributed by atoms with Gasteiger partial charge in [-0.05, 0) is 57.5 Å². The number of benzene rings is 2. The number of nitrogens with zero attached hydrogens (tertiary/aromatic N) is 2. The van der Waals surface area contributed by atoms with E-state index in [0.29, 0.717) is 20.6 Å². The van der Waals surface area contributed by atoms with Crippen LogP contribution in [0.15, 0.2) is 42.5 Å². The summed E-state index contributed by atoms with van der Waals surface area (Å²) in [5.41, 5.74) is 0.150. The lowest BCUT2D eigenvalue weighted by Crippen LogP contribution is -2.55. The van der Waals surface area contributed by atoms with E-state index in [9.17, 15) is 18.0 Å². The topological polar surface area (TPSA) is 86.8 Å². The van der Waals surface area contributed by atoms with Crippen molar-refractivity contribution in [2.24, 2.45) is 0 Å². The predicted molar refractivity (Wildman–Crippen MR) is 143 cm³/mol. The van der Waals surface area contributed by atoms with Gasteiger partial charge in [0.15, 0.2) is 0 Å². The fourth-order valence-electron chi connectivity index (χ4n) is 3.47. The van der Waals surface area contributed by atoms with Crippen LogP contribution in [0.1, 0.15) is 39.7 Å². The summed E-state index contributed by atoms with van der Waals surface area (Å²) in [6, 6.07) is 10.2. The van der Waals surface area contributed by atoms with Crippen molar-refractivity contribution in [2.45, 2.75) is 52.2 Å². The van der Waals surface area contributed by atoms with Gasteiger partial charge in [-0.1, -0.05) is 53.9 Å². The molecule has 1 N–H and O–H groups in total. The average Bonchev–Trinajstić information content (AvgIpc) is 2.71. The molecule has 0 bridgehead atoms. The van der Waals surface area contributed by atoms with Gasteiger partial charge in [0.25, 0.3) is 0 Å². The molecule has 0 radical (unpaired) electrons. The molecule has 1 atom stereocenters. The quantitative estimate of drug-likeness (QED) is 0.459. The number of sulfonamides is 1. The fraction of sp³-hybridized carbons (Fsp3) is 0.417. The second-order valence-electron chi connectivity index (χ2n) is 9.13. The smallest absolute Gasteiger partial charge is 0.244 e. The fourth-order valence-corrected chi connectivity index (χ4v) is 5.01. The van der Waals surface area contributed by atoms with Crippen molar-refractivity contribution in [3.8, 4) is 0 Å². The van der Waals surface area contributed by atoms with Crippen LogP contribution in [0.5, 0.6) is 0 Å². The Morgan fingerprint density at radius 3 is 2.09 bits per heavy atom. The summed E-state index contributed by atoms with van der Waals surface area (Å²) in [7, 11) is -3.86. The van der Waals surface area contributed by atoms with E-state index in [-0.39, 0.29) is 24.6 Å². The van der Waals surface area contributed by atoms with E-state index >= 15 is 0 Å². The van der Waals surface area contributed by atoms with Gasteiger partial charge < -0.3 is 10.2 Å². The minimum absolute atomic E-state index is 0.0828. The number of nitrogens with one attached hydrogen (secondary N) is 1. The maximum absolute atomic E-state index is 13.7. The van der Waals surface area contributed by atoms with Crippen molar-refractivity contribution < 1.29 is 18.0 Å². The van der Waals surface area contributed by atoms with Gasteiger partial charge in [-0.25, -0.2) is 8.42 Å². The first-order chi connectivity index (χ1) is 16.1. The van der Waals surface area contributed by atoms with Crippen LogP contribution in [0, 0.1) is 0 Å². The van der Waals surface area contributed by atoms with E-state index in [2.05, 4.69) is 5.32 Å². The average molecular weight is 563 g/mol. The molecular formula is C24H30Cl3N3O4S. The Bertz CT molecular complexity index is 1160. The molecule has 0 saturated carbocycles. The molecule has 0 aliphatic carbocycles. The van der Waals surface area contributed by atoms with E-state index in [4.69, 9.17) is 34.8 Å². The zero-order valence-corrected chi connectivity index (χ0v) is 23.4. The molecule has 2 rings (SSSR count). The van der Waals surface area contributed by atoms with Crippen molar-refractivity contribution in [1.82, 2.24) is 10.2 Å². The molecule has 0 heterocycles. The van der Waals surface area contributed by atoms with Crippen LogP contribution >= 0.6 is 34.8 Å². The number of rotatable bonds is 9. The molecule has 11 heteroatoms. The Balaban J connectivity index is 2.52. The largest absolute Gasteiger partial charge is 0.350 e. The SMILES string of the molecule is CC[C@H](C(=O)NC(C)(C)C)N(Cc1c(Cl)cccc1Cl)C(=O)CN(c1cccc(Cl)c1)S(C)(=O)=O. The Labute approximate surface area is 222 Å². The summed E-state index contributed by atoms with van der Waals surface area (Å²) >= 11 is 18.8. The summed E-state index contributed by atoms with van der Waals surface area (Å²) in [6.07, 6.45) is 1.28. The number of hydrogen-bond donors (Lipinski definition) is 1. The molecule has 7 nitrogen and oxygen atoms in total. The molecule has 0 unspecified atom stereocenters. The van der Waals surface area contributed by atoms with Gasteiger partial charge in [0, 0.05) is 32.7 Å². The Hall–Kier alpha value is -2.00. The summed E-state index contributed by atoms with van der Waals surface area (Å²) < 4.78 is 26.2. The second-order valence-corrected chi connectivity index (χ2v) is 12.3. The van der Waals surface area contributed by atoms with Crippen molar-refractivity contribution in [3.05, 3.63) is 63.1 Å². The van der Waals surface area contributed by atoms with Gasteiger partial charge >= 0.3 is 0 Å². The van der Waals surface area contributed by atoms with Crippen molar-refractivity contribution >= 4 is 62.3 Å². The maximum Gasteiger partial charge on any atom is 0.244 e. The molecule has 2 aromatic carbocycles. The first-order valence-corrected chi connectivity index (χ1v) is 13.9. The third-order valence-electron chi connectivity index (χ3n) is 5.05. The standard InChI is InChI=1S/C24H30Cl3N3O4S/c1-6-21(23(32)28-24(2,3)4)29(14-18-19(26)11-8-12-20(18)27)22(31)15-30(35(5,33)34)17-10-7-9-16(25)13-17/h7-13,21H,6,14-15H2,1-5H3,(H,28,32)/t21-/m1/s1. The zero-order valence-electron chi connectivity index (χ0n) is 20.3. The first kappa shape index (κ1) is 29.2. The van der Waals surface area contributed by atoms with E-state index in [1.54, 1.807) is 43.3 Å².